The van der Waals surface area contributed by atoms with Gasteiger partial charge in [-0.25, -0.2) is 5.43 Å². The van der Waals surface area contributed by atoms with Gasteiger partial charge in [-0.3, -0.25) is 9.59 Å². The normalized spacial score (nSPS) is 12.0. The average molecular weight is 417 g/mol. The molecule has 1 atom stereocenters. The lowest BCUT2D eigenvalue weighted by Gasteiger charge is -2.13. The zero-order valence-electron chi connectivity index (χ0n) is 18.6. The van der Waals surface area contributed by atoms with Crippen molar-refractivity contribution in [2.75, 3.05) is 0 Å². The molecule has 0 spiro atoms. The van der Waals surface area contributed by atoms with Crippen molar-refractivity contribution in [1.29, 1.82) is 0 Å². The number of aryl methyl sites for hydroxylation is 3. The minimum absolute atomic E-state index is 0.277. The van der Waals surface area contributed by atoms with E-state index in [1.807, 2.05) is 57.2 Å². The second kappa shape index (κ2) is 9.43. The van der Waals surface area contributed by atoms with Gasteiger partial charge in [-0.05, 0) is 69.5 Å². The fourth-order valence-electron chi connectivity index (χ4n) is 3.48. The first-order valence-corrected chi connectivity index (χ1v) is 10.2. The number of benzene rings is 2. The van der Waals surface area contributed by atoms with Crippen LogP contribution < -0.4 is 10.7 Å². The Kier molecular flexibility index (Phi) is 6.70. The van der Waals surface area contributed by atoms with Gasteiger partial charge >= 0.3 is 11.8 Å². The van der Waals surface area contributed by atoms with Crippen LogP contribution in [0.3, 0.4) is 0 Å². The molecular weight excluding hydrogens is 388 g/mol. The number of carbonyl (C=O) groups excluding carboxylic acids is 2. The Morgan fingerprint density at radius 2 is 1.65 bits per heavy atom. The van der Waals surface area contributed by atoms with Gasteiger partial charge in [0.1, 0.15) is 0 Å². The lowest BCUT2D eigenvalue weighted by atomic mass is 10.1. The summed E-state index contributed by atoms with van der Waals surface area (Å²) in [5, 5.41) is 6.66. The van der Waals surface area contributed by atoms with Gasteiger partial charge in [0.15, 0.2) is 0 Å². The van der Waals surface area contributed by atoms with Crippen LogP contribution in [0.2, 0.25) is 0 Å². The smallest absolute Gasteiger partial charge is 0.329 e. The summed E-state index contributed by atoms with van der Waals surface area (Å²) in [6.45, 7) is 10.0. The van der Waals surface area contributed by atoms with Crippen molar-refractivity contribution in [2.24, 2.45) is 5.10 Å². The van der Waals surface area contributed by atoms with Gasteiger partial charge in [-0.15, -0.1) is 0 Å². The summed E-state index contributed by atoms with van der Waals surface area (Å²) >= 11 is 0. The summed E-state index contributed by atoms with van der Waals surface area (Å²) in [7, 11) is 0. The van der Waals surface area contributed by atoms with Crippen molar-refractivity contribution in [3.05, 3.63) is 88.2 Å². The molecule has 6 nitrogen and oxygen atoms in total. The minimum Gasteiger partial charge on any atom is -0.341 e. The maximum Gasteiger partial charge on any atom is 0.329 e. The number of aromatic nitrogens is 1. The van der Waals surface area contributed by atoms with E-state index in [1.165, 1.54) is 11.1 Å². The molecule has 2 N–H and O–H groups in total. The third-order valence-electron chi connectivity index (χ3n) is 5.44. The van der Waals surface area contributed by atoms with E-state index in [2.05, 4.69) is 52.5 Å². The maximum atomic E-state index is 12.1. The molecule has 0 aliphatic carbocycles. The van der Waals surface area contributed by atoms with E-state index >= 15 is 0 Å². The Bertz CT molecular complexity index is 1130. The number of rotatable bonds is 5. The van der Waals surface area contributed by atoms with Gasteiger partial charge in [0, 0.05) is 22.6 Å². The van der Waals surface area contributed by atoms with E-state index in [1.54, 1.807) is 6.21 Å². The summed E-state index contributed by atoms with van der Waals surface area (Å²) in [5.41, 5.74) is 9.71. The van der Waals surface area contributed by atoms with E-state index in [-0.39, 0.29) is 6.04 Å². The molecule has 0 saturated carbocycles. The number of hydrogen-bond acceptors (Lipinski definition) is 3. The quantitative estimate of drug-likeness (QED) is 0.374. The maximum absolute atomic E-state index is 12.1. The lowest BCUT2D eigenvalue weighted by Crippen LogP contribution is -2.39. The number of hydrogen-bond donors (Lipinski definition) is 2. The summed E-state index contributed by atoms with van der Waals surface area (Å²) in [5.74, 6) is -1.53. The Labute approximate surface area is 183 Å². The molecule has 0 radical (unpaired) electrons. The molecule has 0 fully saturated rings. The molecule has 2 aromatic carbocycles. The van der Waals surface area contributed by atoms with E-state index in [4.69, 9.17) is 0 Å². The molecule has 0 unspecified atom stereocenters. The molecule has 0 saturated heterocycles. The Morgan fingerprint density at radius 1 is 0.935 bits per heavy atom. The molecule has 6 heteroatoms. The fraction of sp³-hybridized carbons (Fsp3) is 0.240. The van der Waals surface area contributed by atoms with Crippen LogP contribution in [0.15, 0.2) is 59.7 Å². The van der Waals surface area contributed by atoms with Gasteiger partial charge in [0.25, 0.3) is 0 Å². The SMILES string of the molecule is Cc1ccc(-n2c(C)cc(/C=N\NC(=O)C(=O)N[C@@H](C)c3ccccc3)c2C)cc1C. The van der Waals surface area contributed by atoms with Gasteiger partial charge in [-0.1, -0.05) is 36.4 Å². The number of amides is 2. The molecule has 2 amide bonds. The average Bonchev–Trinajstić information content (AvgIpc) is 3.03. The van der Waals surface area contributed by atoms with Crippen molar-refractivity contribution in [2.45, 2.75) is 40.7 Å². The highest BCUT2D eigenvalue weighted by Gasteiger charge is 2.16. The Morgan fingerprint density at radius 3 is 2.32 bits per heavy atom. The zero-order chi connectivity index (χ0) is 22.5. The Hall–Kier alpha value is -3.67. The van der Waals surface area contributed by atoms with Crippen LogP contribution in [0, 0.1) is 27.7 Å². The first-order valence-electron chi connectivity index (χ1n) is 10.2. The van der Waals surface area contributed by atoms with Crippen LogP contribution in [0.1, 0.15) is 46.6 Å². The van der Waals surface area contributed by atoms with Crippen LogP contribution in [0.5, 0.6) is 0 Å². The molecule has 1 heterocycles. The standard InChI is InChI=1S/C25H28N4O2/c1-16-11-12-23(13-17(16)2)29-18(3)14-22(20(29)5)15-26-28-25(31)24(30)27-19(4)21-9-7-6-8-10-21/h6-15,19H,1-5H3,(H,27,30)(H,28,31)/b26-15-/t19-/m0/s1. The largest absolute Gasteiger partial charge is 0.341 e. The topological polar surface area (TPSA) is 75.5 Å². The summed E-state index contributed by atoms with van der Waals surface area (Å²) in [6, 6.07) is 17.5. The van der Waals surface area contributed by atoms with Crippen LogP contribution >= 0.6 is 0 Å². The highest BCUT2D eigenvalue weighted by molar-refractivity contribution is 6.35. The molecular formula is C25H28N4O2. The monoisotopic (exact) mass is 416 g/mol. The summed E-state index contributed by atoms with van der Waals surface area (Å²) in [6.07, 6.45) is 1.56. The molecule has 0 bridgehead atoms. The third kappa shape index (κ3) is 5.09. The predicted octanol–water partition coefficient (Wildman–Crippen LogP) is 4.04. The second-order valence-corrected chi connectivity index (χ2v) is 7.74. The van der Waals surface area contributed by atoms with Gasteiger partial charge < -0.3 is 9.88 Å². The van der Waals surface area contributed by atoms with Gasteiger partial charge in [-0.2, -0.15) is 5.10 Å². The zero-order valence-corrected chi connectivity index (χ0v) is 18.6. The van der Waals surface area contributed by atoms with Crippen molar-refractivity contribution in [3.8, 4) is 5.69 Å². The predicted molar refractivity (Wildman–Crippen MR) is 123 cm³/mol. The highest BCUT2D eigenvalue weighted by Crippen LogP contribution is 2.21. The van der Waals surface area contributed by atoms with Crippen molar-refractivity contribution in [1.82, 2.24) is 15.3 Å². The summed E-state index contributed by atoms with van der Waals surface area (Å²) < 4.78 is 2.14. The fourth-order valence-corrected chi connectivity index (χ4v) is 3.48. The molecule has 0 aliphatic rings. The number of nitrogens with one attached hydrogen (secondary N) is 2. The van der Waals surface area contributed by atoms with E-state index in [0.29, 0.717) is 0 Å². The van der Waals surface area contributed by atoms with Crippen LogP contribution in [0.4, 0.5) is 0 Å². The van der Waals surface area contributed by atoms with Crippen molar-refractivity contribution >= 4 is 18.0 Å². The van der Waals surface area contributed by atoms with E-state index < -0.39 is 11.8 Å². The third-order valence-corrected chi connectivity index (χ3v) is 5.44. The Balaban J connectivity index is 1.66. The molecule has 3 rings (SSSR count). The number of hydrazone groups is 1. The van der Waals surface area contributed by atoms with Crippen LogP contribution in [0.25, 0.3) is 5.69 Å². The van der Waals surface area contributed by atoms with Crippen molar-refractivity contribution < 1.29 is 9.59 Å². The minimum atomic E-state index is -0.804. The first-order chi connectivity index (χ1) is 14.8. The van der Waals surface area contributed by atoms with Gasteiger partial charge in [0.05, 0.1) is 12.3 Å². The lowest BCUT2D eigenvalue weighted by molar-refractivity contribution is -0.139. The van der Waals surface area contributed by atoms with Crippen LogP contribution in [-0.4, -0.2) is 22.6 Å². The number of carbonyl (C=O) groups is 2. The molecule has 1 aromatic heterocycles. The summed E-state index contributed by atoms with van der Waals surface area (Å²) in [4.78, 5) is 24.2. The number of nitrogens with zero attached hydrogens (tertiary/aromatic N) is 2. The molecule has 3 aromatic rings. The van der Waals surface area contributed by atoms with E-state index in [9.17, 15) is 9.59 Å². The van der Waals surface area contributed by atoms with Crippen molar-refractivity contribution in [3.63, 3.8) is 0 Å². The van der Waals surface area contributed by atoms with Gasteiger partial charge in [0.2, 0.25) is 0 Å². The molecule has 160 valence electrons. The van der Waals surface area contributed by atoms with E-state index in [0.717, 1.165) is 28.2 Å². The van der Waals surface area contributed by atoms with Crippen LogP contribution in [-0.2, 0) is 9.59 Å². The first kappa shape index (κ1) is 22.0. The molecule has 0 aliphatic heterocycles. The molecule has 31 heavy (non-hydrogen) atoms. The highest BCUT2D eigenvalue weighted by atomic mass is 16.2. The second-order valence-electron chi connectivity index (χ2n) is 7.74.